The third-order valence-corrected chi connectivity index (χ3v) is 12.0. The fourth-order valence-corrected chi connectivity index (χ4v) is 7.21. The fourth-order valence-electron chi connectivity index (χ4n) is 6.69. The molecule has 33 nitrogen and oxygen atoms in total. The Morgan fingerprint density at radius 2 is 0.690 bits per heavy atom. The highest BCUT2D eigenvalue weighted by Crippen LogP contribution is 2.27. The van der Waals surface area contributed by atoms with Crippen LogP contribution in [0.15, 0.2) is 0 Å². The molecule has 0 unspecified atom stereocenters. The van der Waals surface area contributed by atoms with E-state index >= 15 is 0 Å². The Morgan fingerprint density at radius 1 is 0.425 bits per heavy atom. The predicted octanol–water partition coefficient (Wildman–Crippen LogP) is 0.513. The summed E-state index contributed by atoms with van der Waals surface area (Å²) in [6, 6.07) is 0. The van der Waals surface area contributed by atoms with E-state index in [1.54, 1.807) is 20.8 Å². The van der Waals surface area contributed by atoms with Gasteiger partial charge in [0, 0.05) is 32.5 Å². The molecule has 1 fully saturated rings. The number of nitrogens with zero attached hydrogens (tertiary/aromatic N) is 4. The van der Waals surface area contributed by atoms with Crippen molar-refractivity contribution in [2.24, 2.45) is 0 Å². The third-order valence-electron chi connectivity index (χ3n) is 11.5. The van der Waals surface area contributed by atoms with E-state index in [-0.39, 0.29) is 5.88 Å². The van der Waals surface area contributed by atoms with Gasteiger partial charge in [-0.05, 0) is 104 Å². The van der Waals surface area contributed by atoms with Crippen LogP contribution in [0.2, 0.25) is 0 Å². The van der Waals surface area contributed by atoms with Crippen LogP contribution in [0.3, 0.4) is 0 Å². The van der Waals surface area contributed by atoms with Crippen LogP contribution in [0, 0.1) is 0 Å². The Balaban J connectivity index is 2.15. The molecule has 2 heterocycles. The number of hydrogen-bond donors (Lipinski definition) is 0. The molecule has 0 spiro atoms. The highest BCUT2D eigenvalue weighted by atomic mass is 32.1. The van der Waals surface area contributed by atoms with Crippen molar-refractivity contribution >= 4 is 101 Å². The molecule has 34 heteroatoms. The first-order chi connectivity index (χ1) is 40.3. The number of morpholine rings is 1. The van der Waals surface area contributed by atoms with Crippen LogP contribution in [-0.4, -0.2) is 222 Å². The Morgan fingerprint density at radius 3 is 0.966 bits per heavy atom. The molecule has 0 N–H and O–H groups in total. The number of ether oxygens (including phenoxy) is 15. The van der Waals surface area contributed by atoms with E-state index in [2.05, 4.69) is 18.2 Å². The number of hydrogen-bond acceptors (Lipinski definition) is 33. The summed E-state index contributed by atoms with van der Waals surface area (Å²) >= 11 is 0.825. The second kappa shape index (κ2) is 34.7. The summed E-state index contributed by atoms with van der Waals surface area (Å²) in [7, 11) is 0. The summed E-state index contributed by atoms with van der Waals surface area (Å²) in [6.07, 6.45) is -20.7. The van der Waals surface area contributed by atoms with E-state index in [4.69, 9.17) is 61.6 Å². The number of rotatable bonds is 31. The fraction of sp³-hybridized carbons (Fsp3) is 0.698. The molecule has 1 aliphatic rings. The largest absolute Gasteiger partial charge is 0.470 e. The van der Waals surface area contributed by atoms with Crippen molar-refractivity contribution in [1.82, 2.24) is 13.6 Å². The Hall–Kier alpha value is -8.30. The Bertz CT molecular complexity index is 2630. The molecule has 488 valence electrons. The van der Waals surface area contributed by atoms with Crippen LogP contribution in [0.25, 0.3) is 0 Å². The van der Waals surface area contributed by atoms with Gasteiger partial charge in [-0.25, -0.2) is 52.7 Å². The van der Waals surface area contributed by atoms with Gasteiger partial charge in [-0.3, -0.25) is 14.4 Å². The van der Waals surface area contributed by atoms with Gasteiger partial charge in [-0.1, -0.05) is 0 Å². The van der Waals surface area contributed by atoms with E-state index in [1.807, 2.05) is 4.90 Å². The molecule has 1 aromatic rings. The van der Waals surface area contributed by atoms with Crippen molar-refractivity contribution in [3.8, 4) is 5.88 Å². The van der Waals surface area contributed by atoms with Gasteiger partial charge in [0.1, 0.15) is 6.61 Å². The normalized spacial score (nSPS) is 16.7. The Labute approximate surface area is 504 Å². The van der Waals surface area contributed by atoms with E-state index < -0.39 is 182 Å². The third kappa shape index (κ3) is 25.3. The lowest BCUT2D eigenvalue weighted by molar-refractivity contribution is -0.188. The van der Waals surface area contributed by atoms with Gasteiger partial charge in [0.25, 0.3) is 11.8 Å². The summed E-state index contributed by atoms with van der Waals surface area (Å²) in [5.74, 6) is -15.3. The maximum absolute atomic E-state index is 14.2. The lowest BCUT2D eigenvalue weighted by atomic mass is 10.0. The van der Waals surface area contributed by atoms with Gasteiger partial charge < -0.3 is 80.9 Å². The molecule has 0 saturated carbocycles. The number of carbonyl (C=O) groups is 14. The molecule has 0 bridgehead atoms. The first kappa shape index (κ1) is 74.8. The number of esters is 13. The molecule has 0 radical (unpaired) electrons. The van der Waals surface area contributed by atoms with E-state index in [0.717, 1.165) is 87.9 Å². The van der Waals surface area contributed by atoms with Crippen LogP contribution >= 0.6 is 11.7 Å². The summed E-state index contributed by atoms with van der Waals surface area (Å²) in [6.45, 7) is 21.1. The van der Waals surface area contributed by atoms with Crippen molar-refractivity contribution in [3.63, 3.8) is 0 Å². The zero-order valence-corrected chi connectivity index (χ0v) is 52.1. The van der Waals surface area contributed by atoms with Crippen LogP contribution in [0.1, 0.15) is 118 Å². The standard InChI is InChI=1S/C53H76N4O29S/c1-24(76-44(63)27(4)79-47(66)30(7)82-48(67)31(8)80-45(64)28(5)77-42(61)25(2)74-36(13)58)41(60)57(53(15,16)17)22-38(23-73-40-39(54-87-55-40)56-18-20-72-21-19-56)86-52(71)35(12)85-51(70)34(11)84-50(69)33(10)83-49(68)32(9)81-46(65)29(6)78-43(62)26(3)75-37(14)59/h24-35,38H,18-23H2,1-17H3/t24-,25-,26-,27-,28-,29-,30-,31-,32-,33-,34-,35-,38-/m0/s1. The topological polar surface area (TPSA) is 410 Å². The van der Waals surface area contributed by atoms with Crippen LogP contribution in [-0.2, 0) is 133 Å². The Kier molecular flexibility index (Phi) is 29.9. The molecule has 0 aliphatic carbocycles. The molecule has 1 saturated heterocycles. The molecule has 0 aromatic carbocycles. The van der Waals surface area contributed by atoms with Gasteiger partial charge in [-0.2, -0.15) is 4.37 Å². The van der Waals surface area contributed by atoms with Gasteiger partial charge >= 0.3 is 77.6 Å². The maximum atomic E-state index is 14.2. The summed E-state index contributed by atoms with van der Waals surface area (Å²) in [5.41, 5.74) is -1.13. The molecule has 1 amide bonds. The number of carbonyl (C=O) groups excluding carboxylic acids is 14. The van der Waals surface area contributed by atoms with Crippen LogP contribution in [0.5, 0.6) is 5.88 Å². The average Bonchev–Trinajstić information content (AvgIpc) is 4.09. The van der Waals surface area contributed by atoms with E-state index in [9.17, 15) is 67.1 Å². The molecule has 13 atom stereocenters. The highest BCUT2D eigenvalue weighted by Gasteiger charge is 2.39. The quantitative estimate of drug-likeness (QED) is 0.0722. The van der Waals surface area contributed by atoms with Gasteiger partial charge in [0.15, 0.2) is 79.4 Å². The minimum Gasteiger partial charge on any atom is -0.470 e. The smallest absolute Gasteiger partial charge is 0.347 e. The molecule has 2 rings (SSSR count). The molecule has 1 aliphatic heterocycles. The highest BCUT2D eigenvalue weighted by molar-refractivity contribution is 6.99. The lowest BCUT2D eigenvalue weighted by Gasteiger charge is -2.39. The van der Waals surface area contributed by atoms with Crippen molar-refractivity contribution in [2.45, 2.75) is 203 Å². The first-order valence-electron chi connectivity index (χ1n) is 27.0. The van der Waals surface area contributed by atoms with Gasteiger partial charge in [0.2, 0.25) is 5.82 Å². The van der Waals surface area contributed by atoms with Crippen molar-refractivity contribution < 1.29 is 138 Å². The summed E-state index contributed by atoms with van der Waals surface area (Å²) < 4.78 is 85.8. The average molecular weight is 1270 g/mol. The second-order valence-electron chi connectivity index (χ2n) is 20.3. The molecule has 1 aromatic heterocycles. The second-order valence-corrected chi connectivity index (χ2v) is 20.8. The zero-order valence-electron chi connectivity index (χ0n) is 51.3. The van der Waals surface area contributed by atoms with Gasteiger partial charge in [0.05, 0.1) is 31.5 Å². The van der Waals surface area contributed by atoms with E-state index in [0.29, 0.717) is 32.1 Å². The number of anilines is 1. The molecular weight excluding hydrogens is 1190 g/mol. The monoisotopic (exact) mass is 1260 g/mol. The molecule has 87 heavy (non-hydrogen) atoms. The molecular formula is C53H76N4O29S. The van der Waals surface area contributed by atoms with Gasteiger partial charge in [-0.15, -0.1) is 4.37 Å². The number of aromatic nitrogens is 2. The summed E-state index contributed by atoms with van der Waals surface area (Å²) in [5, 5.41) is 0. The number of amides is 1. The lowest BCUT2D eigenvalue weighted by Crippen LogP contribution is -2.54. The SMILES string of the molecule is CC(=O)O[C@@H](C)C(=O)O[C@@H](C)C(=O)O[C@@H](C)C(=O)O[C@@H](C)C(=O)O[C@@H](C)C(=O)O[C@@H](C)C(=O)O[C@H](COc1nsnc1N1CCOCC1)CN(C(=O)[C@H](C)OC(=O)[C@H](C)OC(=O)[C@H](C)OC(=O)[C@H](C)OC(=O)[C@H](C)OC(=O)[C@H](C)OC(C)=O)C(C)(C)C. The van der Waals surface area contributed by atoms with Crippen LogP contribution in [0.4, 0.5) is 5.82 Å². The minimum atomic E-state index is -1.73. The van der Waals surface area contributed by atoms with Crippen molar-refractivity contribution in [1.29, 1.82) is 0 Å². The van der Waals surface area contributed by atoms with Crippen molar-refractivity contribution in [2.75, 3.05) is 44.4 Å². The van der Waals surface area contributed by atoms with Crippen molar-refractivity contribution in [3.05, 3.63) is 0 Å². The first-order valence-corrected chi connectivity index (χ1v) is 27.8. The maximum Gasteiger partial charge on any atom is 0.347 e. The zero-order chi connectivity index (χ0) is 66.4. The van der Waals surface area contributed by atoms with E-state index in [1.165, 1.54) is 25.7 Å². The predicted molar refractivity (Wildman–Crippen MR) is 288 cm³/mol. The summed E-state index contributed by atoms with van der Waals surface area (Å²) in [4.78, 5) is 180. The van der Waals surface area contributed by atoms with Crippen LogP contribution < -0.4 is 9.64 Å². The minimum absolute atomic E-state index is 0.0372.